The van der Waals surface area contributed by atoms with Crippen molar-refractivity contribution in [3.8, 4) is 0 Å². The van der Waals surface area contributed by atoms with E-state index in [9.17, 15) is 22.4 Å². The van der Waals surface area contributed by atoms with Gasteiger partial charge in [0.05, 0.1) is 11.9 Å². The van der Waals surface area contributed by atoms with Crippen LogP contribution in [0.2, 0.25) is 0 Å². The van der Waals surface area contributed by atoms with E-state index in [1.54, 1.807) is 24.3 Å². The molecule has 0 atom stereocenters. The molecule has 0 saturated carbocycles. The molecule has 0 aliphatic heterocycles. The van der Waals surface area contributed by atoms with Gasteiger partial charge in [0.1, 0.15) is 12.4 Å². The lowest BCUT2D eigenvalue weighted by Crippen LogP contribution is -2.41. The Morgan fingerprint density at radius 3 is 2.37 bits per heavy atom. The third-order valence-corrected chi connectivity index (χ3v) is 5.02. The van der Waals surface area contributed by atoms with Gasteiger partial charge in [-0.2, -0.15) is 0 Å². The maximum atomic E-state index is 12.9. The summed E-state index contributed by atoms with van der Waals surface area (Å²) in [6, 6.07) is 12.0. The highest BCUT2D eigenvalue weighted by Gasteiger charge is 2.21. The number of nitrogens with zero attached hydrogens (tertiary/aromatic N) is 1. The third kappa shape index (κ3) is 6.18. The molecule has 0 aliphatic carbocycles. The van der Waals surface area contributed by atoms with Crippen molar-refractivity contribution < 1.29 is 22.4 Å². The number of sulfonamides is 1. The standard InChI is InChI=1S/C19H21FN2O4S/c1-14(23)16-4-3-5-18(12-16)22(27(2,25)26)13-19(24)21-11-10-15-6-8-17(20)9-7-15/h3-9,12H,10-11,13H2,1-2H3,(H,21,24). The van der Waals surface area contributed by atoms with Crippen molar-refractivity contribution in [2.75, 3.05) is 23.7 Å². The zero-order valence-electron chi connectivity index (χ0n) is 15.1. The summed E-state index contributed by atoms with van der Waals surface area (Å²) in [5.41, 5.74) is 1.46. The first-order valence-corrected chi connectivity index (χ1v) is 10.1. The number of anilines is 1. The van der Waals surface area contributed by atoms with Crippen LogP contribution in [0.25, 0.3) is 0 Å². The normalized spacial score (nSPS) is 11.1. The average Bonchev–Trinajstić information content (AvgIpc) is 2.60. The van der Waals surface area contributed by atoms with E-state index in [-0.39, 0.29) is 23.8 Å². The largest absolute Gasteiger partial charge is 0.354 e. The highest BCUT2D eigenvalue weighted by atomic mass is 32.2. The molecule has 0 aliphatic rings. The predicted molar refractivity (Wildman–Crippen MR) is 102 cm³/mol. The van der Waals surface area contributed by atoms with E-state index in [1.807, 2.05) is 0 Å². The van der Waals surface area contributed by atoms with Crippen molar-refractivity contribution >= 4 is 27.4 Å². The molecule has 0 saturated heterocycles. The fourth-order valence-corrected chi connectivity index (χ4v) is 3.31. The van der Waals surface area contributed by atoms with Crippen LogP contribution in [-0.4, -0.2) is 39.5 Å². The van der Waals surface area contributed by atoms with E-state index in [4.69, 9.17) is 0 Å². The van der Waals surface area contributed by atoms with Crippen molar-refractivity contribution in [2.24, 2.45) is 0 Å². The summed E-state index contributed by atoms with van der Waals surface area (Å²) in [4.78, 5) is 23.7. The van der Waals surface area contributed by atoms with Gasteiger partial charge in [-0.1, -0.05) is 24.3 Å². The highest BCUT2D eigenvalue weighted by molar-refractivity contribution is 7.92. The Labute approximate surface area is 158 Å². The predicted octanol–water partition coefficient (Wildman–Crippen LogP) is 2.15. The van der Waals surface area contributed by atoms with Gasteiger partial charge in [-0.15, -0.1) is 0 Å². The van der Waals surface area contributed by atoms with Gasteiger partial charge in [-0.3, -0.25) is 13.9 Å². The number of amides is 1. The lowest BCUT2D eigenvalue weighted by Gasteiger charge is -2.22. The van der Waals surface area contributed by atoms with Crippen LogP contribution >= 0.6 is 0 Å². The summed E-state index contributed by atoms with van der Waals surface area (Å²) >= 11 is 0. The molecule has 2 aromatic rings. The van der Waals surface area contributed by atoms with Gasteiger partial charge < -0.3 is 5.32 Å². The van der Waals surface area contributed by atoms with Crippen LogP contribution in [0.5, 0.6) is 0 Å². The lowest BCUT2D eigenvalue weighted by molar-refractivity contribution is -0.119. The number of halogens is 1. The number of carbonyl (C=O) groups excluding carboxylic acids is 2. The SMILES string of the molecule is CC(=O)c1cccc(N(CC(=O)NCCc2ccc(F)cc2)S(C)(=O)=O)c1. The first-order valence-electron chi connectivity index (χ1n) is 8.26. The zero-order valence-corrected chi connectivity index (χ0v) is 15.9. The van der Waals surface area contributed by atoms with E-state index in [0.29, 0.717) is 12.0 Å². The van der Waals surface area contributed by atoms with Gasteiger partial charge in [0.2, 0.25) is 15.9 Å². The second-order valence-electron chi connectivity index (χ2n) is 6.10. The summed E-state index contributed by atoms with van der Waals surface area (Å²) in [6.07, 6.45) is 1.49. The van der Waals surface area contributed by atoms with Crippen LogP contribution < -0.4 is 9.62 Å². The van der Waals surface area contributed by atoms with Crippen LogP contribution in [-0.2, 0) is 21.2 Å². The highest BCUT2D eigenvalue weighted by Crippen LogP contribution is 2.19. The van der Waals surface area contributed by atoms with Crippen LogP contribution in [0.15, 0.2) is 48.5 Å². The molecule has 0 heterocycles. The number of nitrogens with one attached hydrogen (secondary N) is 1. The Morgan fingerprint density at radius 1 is 1.11 bits per heavy atom. The minimum atomic E-state index is -3.72. The van der Waals surface area contributed by atoms with Crippen molar-refractivity contribution in [3.05, 3.63) is 65.5 Å². The van der Waals surface area contributed by atoms with Crippen molar-refractivity contribution in [2.45, 2.75) is 13.3 Å². The molecule has 0 unspecified atom stereocenters. The maximum Gasteiger partial charge on any atom is 0.240 e. The quantitative estimate of drug-likeness (QED) is 0.698. The summed E-state index contributed by atoms with van der Waals surface area (Å²) in [6.45, 7) is 1.27. The van der Waals surface area contributed by atoms with Gasteiger partial charge in [-0.25, -0.2) is 12.8 Å². The molecular weight excluding hydrogens is 371 g/mol. The molecule has 2 rings (SSSR count). The number of carbonyl (C=O) groups is 2. The van der Waals surface area contributed by atoms with Gasteiger partial charge in [0, 0.05) is 12.1 Å². The Balaban J connectivity index is 2.03. The fourth-order valence-electron chi connectivity index (χ4n) is 2.46. The van der Waals surface area contributed by atoms with Gasteiger partial charge >= 0.3 is 0 Å². The molecule has 0 bridgehead atoms. The Morgan fingerprint density at radius 2 is 1.78 bits per heavy atom. The van der Waals surface area contributed by atoms with E-state index < -0.39 is 22.5 Å². The smallest absolute Gasteiger partial charge is 0.240 e. The van der Waals surface area contributed by atoms with Crippen LogP contribution in [0.3, 0.4) is 0 Å². The van der Waals surface area contributed by atoms with Crippen LogP contribution in [0, 0.1) is 5.82 Å². The van der Waals surface area contributed by atoms with E-state index in [2.05, 4.69) is 5.32 Å². The third-order valence-electron chi connectivity index (χ3n) is 3.88. The molecule has 6 nitrogen and oxygen atoms in total. The number of rotatable bonds is 8. The first kappa shape index (κ1) is 20.6. The molecule has 1 amide bonds. The van der Waals surface area contributed by atoms with Gasteiger partial charge in [0.15, 0.2) is 5.78 Å². The monoisotopic (exact) mass is 392 g/mol. The number of ketones is 1. The van der Waals surface area contributed by atoms with E-state index in [0.717, 1.165) is 16.1 Å². The first-order chi connectivity index (χ1) is 12.7. The second kappa shape index (κ2) is 8.77. The molecule has 8 heteroatoms. The summed E-state index contributed by atoms with van der Waals surface area (Å²) in [5.74, 6) is -1.01. The van der Waals surface area contributed by atoms with E-state index in [1.165, 1.54) is 31.2 Å². The molecule has 0 radical (unpaired) electrons. The molecular formula is C19H21FN2O4S. The summed E-state index contributed by atoms with van der Waals surface area (Å²) in [7, 11) is -3.72. The number of hydrogen-bond donors (Lipinski definition) is 1. The van der Waals surface area contributed by atoms with E-state index >= 15 is 0 Å². The summed E-state index contributed by atoms with van der Waals surface area (Å²) < 4.78 is 38.0. The molecule has 0 fully saturated rings. The number of Topliss-reactive ketones (excluding diaryl/α,β-unsaturated/α-hetero) is 1. The molecule has 144 valence electrons. The molecule has 0 aromatic heterocycles. The number of benzene rings is 2. The topological polar surface area (TPSA) is 83.6 Å². The molecule has 1 N–H and O–H groups in total. The lowest BCUT2D eigenvalue weighted by atomic mass is 10.1. The minimum absolute atomic E-state index is 0.200. The van der Waals surface area contributed by atoms with Crippen LogP contribution in [0.4, 0.5) is 10.1 Å². The Bertz CT molecular complexity index is 927. The molecule has 27 heavy (non-hydrogen) atoms. The fraction of sp³-hybridized carbons (Fsp3) is 0.263. The van der Waals surface area contributed by atoms with Gasteiger partial charge in [0.25, 0.3) is 0 Å². The zero-order chi connectivity index (χ0) is 20.0. The molecule has 2 aromatic carbocycles. The van der Waals surface area contributed by atoms with Crippen molar-refractivity contribution in [3.63, 3.8) is 0 Å². The summed E-state index contributed by atoms with van der Waals surface area (Å²) in [5, 5.41) is 2.65. The second-order valence-corrected chi connectivity index (χ2v) is 8.01. The van der Waals surface area contributed by atoms with Crippen molar-refractivity contribution in [1.29, 1.82) is 0 Å². The maximum absolute atomic E-state index is 12.9. The number of hydrogen-bond acceptors (Lipinski definition) is 4. The molecule has 0 spiro atoms. The average molecular weight is 392 g/mol. The van der Waals surface area contributed by atoms with Crippen molar-refractivity contribution in [1.82, 2.24) is 5.32 Å². The Kier molecular flexibility index (Phi) is 6.68. The van der Waals surface area contributed by atoms with Crippen LogP contribution in [0.1, 0.15) is 22.8 Å². The minimum Gasteiger partial charge on any atom is -0.354 e. The van der Waals surface area contributed by atoms with Gasteiger partial charge in [-0.05, 0) is 43.2 Å². The Hall–Kier alpha value is -2.74.